The zero-order valence-corrected chi connectivity index (χ0v) is 15.4. The minimum Gasteiger partial charge on any atom is -0.497 e. The van der Waals surface area contributed by atoms with Crippen molar-refractivity contribution >= 4 is 17.4 Å². The van der Waals surface area contributed by atoms with Crippen LogP contribution in [0.4, 0.5) is 11.5 Å². The van der Waals surface area contributed by atoms with E-state index in [4.69, 9.17) is 4.74 Å². The third-order valence-electron chi connectivity index (χ3n) is 4.13. The van der Waals surface area contributed by atoms with Crippen LogP contribution in [0.3, 0.4) is 0 Å². The van der Waals surface area contributed by atoms with Gasteiger partial charge in [-0.1, -0.05) is 36.4 Å². The van der Waals surface area contributed by atoms with Gasteiger partial charge in [0, 0.05) is 24.8 Å². The van der Waals surface area contributed by atoms with Gasteiger partial charge in [-0.25, -0.2) is 0 Å². The maximum absolute atomic E-state index is 12.4. The van der Waals surface area contributed by atoms with Crippen LogP contribution >= 0.6 is 0 Å². The Hall–Kier alpha value is -3.41. The summed E-state index contributed by atoms with van der Waals surface area (Å²) in [7, 11) is 1.58. The molecule has 0 aliphatic rings. The van der Waals surface area contributed by atoms with Crippen molar-refractivity contribution in [3.05, 3.63) is 78.0 Å². The van der Waals surface area contributed by atoms with Gasteiger partial charge in [0.05, 0.1) is 7.11 Å². The molecule has 0 unspecified atom stereocenters. The lowest BCUT2D eigenvalue weighted by Crippen LogP contribution is -2.24. The molecule has 1 amide bonds. The highest BCUT2D eigenvalue weighted by Crippen LogP contribution is 2.18. The van der Waals surface area contributed by atoms with Gasteiger partial charge in [0.15, 0.2) is 11.5 Å². The summed E-state index contributed by atoms with van der Waals surface area (Å²) in [6.45, 7) is 3.59. The van der Waals surface area contributed by atoms with E-state index in [1.165, 1.54) is 5.56 Å². The van der Waals surface area contributed by atoms with E-state index in [0.717, 1.165) is 18.9 Å². The van der Waals surface area contributed by atoms with Crippen molar-refractivity contribution in [3.63, 3.8) is 0 Å². The van der Waals surface area contributed by atoms with E-state index >= 15 is 0 Å². The van der Waals surface area contributed by atoms with Crippen LogP contribution in [-0.2, 0) is 6.54 Å². The molecule has 0 aliphatic carbocycles. The number of ether oxygens (including phenoxy) is 1. The third kappa shape index (κ3) is 4.82. The number of anilines is 2. The van der Waals surface area contributed by atoms with Crippen molar-refractivity contribution in [2.45, 2.75) is 13.5 Å². The molecule has 138 valence electrons. The van der Waals surface area contributed by atoms with Crippen molar-refractivity contribution in [1.29, 1.82) is 0 Å². The van der Waals surface area contributed by atoms with E-state index in [1.807, 2.05) is 36.4 Å². The van der Waals surface area contributed by atoms with E-state index in [0.29, 0.717) is 11.4 Å². The van der Waals surface area contributed by atoms with Crippen LogP contribution in [-0.4, -0.2) is 29.8 Å². The van der Waals surface area contributed by atoms with Gasteiger partial charge in [-0.15, -0.1) is 10.2 Å². The van der Waals surface area contributed by atoms with Crippen molar-refractivity contribution in [2.75, 3.05) is 23.9 Å². The number of methoxy groups -OCH3 is 1. The van der Waals surface area contributed by atoms with E-state index in [-0.39, 0.29) is 11.6 Å². The summed E-state index contributed by atoms with van der Waals surface area (Å²) in [5, 5.41) is 11.1. The van der Waals surface area contributed by atoms with Crippen molar-refractivity contribution in [2.24, 2.45) is 0 Å². The first-order valence-electron chi connectivity index (χ1n) is 8.77. The molecule has 0 bridgehead atoms. The number of hydrogen-bond acceptors (Lipinski definition) is 5. The summed E-state index contributed by atoms with van der Waals surface area (Å²) in [6, 6.07) is 20.8. The molecule has 3 aromatic rings. The Labute approximate surface area is 158 Å². The minimum atomic E-state index is -0.312. The number of benzene rings is 2. The van der Waals surface area contributed by atoms with Crippen LogP contribution in [0.15, 0.2) is 66.7 Å². The van der Waals surface area contributed by atoms with E-state index in [1.54, 1.807) is 25.3 Å². The van der Waals surface area contributed by atoms with Gasteiger partial charge in [-0.2, -0.15) is 0 Å². The summed E-state index contributed by atoms with van der Waals surface area (Å²) in [5.74, 6) is 1.10. The molecule has 2 aromatic carbocycles. The number of aromatic nitrogens is 2. The molecular formula is C21H22N4O2. The predicted molar refractivity (Wildman–Crippen MR) is 106 cm³/mol. The lowest BCUT2D eigenvalue weighted by molar-refractivity contribution is 0.102. The number of nitrogens with zero attached hydrogens (tertiary/aromatic N) is 3. The van der Waals surface area contributed by atoms with Gasteiger partial charge in [0.1, 0.15) is 5.75 Å². The number of amides is 1. The first kappa shape index (κ1) is 18.4. The smallest absolute Gasteiger partial charge is 0.276 e. The number of nitrogens with one attached hydrogen (secondary N) is 1. The van der Waals surface area contributed by atoms with Gasteiger partial charge in [-0.3, -0.25) is 4.79 Å². The zero-order chi connectivity index (χ0) is 19.1. The van der Waals surface area contributed by atoms with E-state index < -0.39 is 0 Å². The first-order valence-corrected chi connectivity index (χ1v) is 8.77. The van der Waals surface area contributed by atoms with Gasteiger partial charge in [0.2, 0.25) is 0 Å². The molecular weight excluding hydrogens is 340 g/mol. The SMILES string of the molecule is CCN(Cc1ccccc1)c1ccc(C(=O)Nc2cccc(OC)c2)nn1. The van der Waals surface area contributed by atoms with Crippen molar-refractivity contribution < 1.29 is 9.53 Å². The number of hydrogen-bond donors (Lipinski definition) is 1. The Morgan fingerprint density at radius 2 is 1.85 bits per heavy atom. The highest BCUT2D eigenvalue weighted by molar-refractivity contribution is 6.02. The van der Waals surface area contributed by atoms with Crippen molar-refractivity contribution in [1.82, 2.24) is 10.2 Å². The quantitative estimate of drug-likeness (QED) is 0.693. The Balaban J connectivity index is 1.69. The van der Waals surface area contributed by atoms with E-state index in [9.17, 15) is 4.79 Å². The maximum Gasteiger partial charge on any atom is 0.276 e. The average molecular weight is 362 g/mol. The molecule has 1 N–H and O–H groups in total. The fraction of sp³-hybridized carbons (Fsp3) is 0.190. The average Bonchev–Trinajstić information content (AvgIpc) is 2.73. The number of carbonyl (C=O) groups excluding carboxylic acids is 1. The van der Waals surface area contributed by atoms with Crippen molar-refractivity contribution in [3.8, 4) is 5.75 Å². The lowest BCUT2D eigenvalue weighted by Gasteiger charge is -2.21. The molecule has 27 heavy (non-hydrogen) atoms. The second kappa shape index (κ2) is 8.80. The monoisotopic (exact) mass is 362 g/mol. The normalized spacial score (nSPS) is 10.3. The van der Waals surface area contributed by atoms with Crippen LogP contribution in [0.2, 0.25) is 0 Å². The maximum atomic E-state index is 12.4. The molecule has 0 atom stereocenters. The van der Waals surface area contributed by atoms with Crippen LogP contribution in [0.25, 0.3) is 0 Å². The zero-order valence-electron chi connectivity index (χ0n) is 15.4. The number of rotatable bonds is 7. The summed E-state index contributed by atoms with van der Waals surface area (Å²) in [5.41, 5.74) is 2.10. The van der Waals surface area contributed by atoms with Gasteiger partial charge in [0.25, 0.3) is 5.91 Å². The minimum absolute atomic E-state index is 0.261. The van der Waals surface area contributed by atoms with Gasteiger partial charge < -0.3 is 15.0 Å². The summed E-state index contributed by atoms with van der Waals surface area (Å²) in [6.07, 6.45) is 0. The topological polar surface area (TPSA) is 67.4 Å². The molecule has 0 fully saturated rings. The fourth-order valence-electron chi connectivity index (χ4n) is 2.67. The van der Waals surface area contributed by atoms with Crippen LogP contribution < -0.4 is 15.0 Å². The van der Waals surface area contributed by atoms with Crippen LogP contribution in [0, 0.1) is 0 Å². The Kier molecular flexibility index (Phi) is 5.99. The Bertz CT molecular complexity index is 882. The van der Waals surface area contributed by atoms with E-state index in [2.05, 4.69) is 39.5 Å². The lowest BCUT2D eigenvalue weighted by atomic mass is 10.2. The molecule has 0 aliphatic heterocycles. The summed E-state index contributed by atoms with van der Waals surface area (Å²) in [4.78, 5) is 14.5. The highest BCUT2D eigenvalue weighted by Gasteiger charge is 2.12. The Morgan fingerprint density at radius 1 is 1.04 bits per heavy atom. The second-order valence-corrected chi connectivity index (χ2v) is 5.96. The molecule has 0 saturated heterocycles. The number of carbonyl (C=O) groups is 1. The predicted octanol–water partition coefficient (Wildman–Crippen LogP) is 3.76. The highest BCUT2D eigenvalue weighted by atomic mass is 16.5. The standard InChI is InChI=1S/C21H22N4O2/c1-3-25(15-16-8-5-4-6-9-16)20-13-12-19(23-24-20)21(26)22-17-10-7-11-18(14-17)27-2/h4-14H,3,15H2,1-2H3,(H,22,26). The van der Waals surface area contributed by atoms with Gasteiger partial charge in [-0.05, 0) is 36.8 Å². The Morgan fingerprint density at radius 3 is 2.52 bits per heavy atom. The summed E-state index contributed by atoms with van der Waals surface area (Å²) >= 11 is 0. The van der Waals surface area contributed by atoms with Crippen LogP contribution in [0.1, 0.15) is 23.0 Å². The molecule has 1 heterocycles. The third-order valence-corrected chi connectivity index (χ3v) is 4.13. The molecule has 1 aromatic heterocycles. The largest absolute Gasteiger partial charge is 0.497 e. The molecule has 3 rings (SSSR count). The second-order valence-electron chi connectivity index (χ2n) is 5.96. The van der Waals surface area contributed by atoms with Gasteiger partial charge >= 0.3 is 0 Å². The molecule has 0 saturated carbocycles. The molecule has 0 radical (unpaired) electrons. The fourth-order valence-corrected chi connectivity index (χ4v) is 2.67. The first-order chi connectivity index (χ1) is 13.2. The summed E-state index contributed by atoms with van der Waals surface area (Å²) < 4.78 is 5.16. The van der Waals surface area contributed by atoms with Crippen LogP contribution in [0.5, 0.6) is 5.75 Å². The molecule has 6 nitrogen and oxygen atoms in total. The molecule has 6 heteroatoms. The molecule has 0 spiro atoms.